The Bertz CT molecular complexity index is 1380. The van der Waals surface area contributed by atoms with Gasteiger partial charge in [-0.1, -0.05) is 97.9 Å². The SMILES string of the molecule is C1=CCCC(N2C3C=CC(C4=C\C5=CC(C/C=C\4)N(c4ccccc4)C4CCCCC54)=CC3C3C=CCCC32)=C1. The van der Waals surface area contributed by atoms with Gasteiger partial charge in [0, 0.05) is 41.2 Å². The van der Waals surface area contributed by atoms with Crippen LogP contribution in [0, 0.1) is 17.8 Å². The maximum Gasteiger partial charge on any atom is 0.0546 e. The molecule has 0 aromatic heterocycles. The van der Waals surface area contributed by atoms with E-state index in [1.807, 2.05) is 0 Å². The van der Waals surface area contributed by atoms with Crippen LogP contribution in [0.4, 0.5) is 5.69 Å². The van der Waals surface area contributed by atoms with Crippen molar-refractivity contribution < 1.29 is 0 Å². The Balaban J connectivity index is 1.14. The molecule has 2 nitrogen and oxygen atoms in total. The molecule has 7 unspecified atom stereocenters. The van der Waals surface area contributed by atoms with E-state index in [-0.39, 0.29) is 0 Å². The third-order valence-electron chi connectivity index (χ3n) is 10.8. The summed E-state index contributed by atoms with van der Waals surface area (Å²) >= 11 is 0. The second-order valence-electron chi connectivity index (χ2n) is 12.9. The lowest BCUT2D eigenvalue weighted by Gasteiger charge is -2.49. The Morgan fingerprint density at radius 3 is 2.55 bits per heavy atom. The molecule has 8 rings (SSSR count). The van der Waals surface area contributed by atoms with Crippen molar-refractivity contribution in [1.82, 2.24) is 4.90 Å². The van der Waals surface area contributed by atoms with Crippen LogP contribution in [-0.4, -0.2) is 29.1 Å². The van der Waals surface area contributed by atoms with Crippen LogP contribution in [0.5, 0.6) is 0 Å². The van der Waals surface area contributed by atoms with Crippen LogP contribution in [-0.2, 0) is 0 Å². The summed E-state index contributed by atoms with van der Waals surface area (Å²) < 4.78 is 0. The Kier molecular flexibility index (Phi) is 6.31. The van der Waals surface area contributed by atoms with Crippen molar-refractivity contribution in [2.24, 2.45) is 17.8 Å². The van der Waals surface area contributed by atoms with Crippen molar-refractivity contribution in [3.8, 4) is 0 Å². The zero-order valence-electron chi connectivity index (χ0n) is 23.6. The minimum atomic E-state index is 0.445. The van der Waals surface area contributed by atoms with Gasteiger partial charge >= 0.3 is 0 Å². The number of para-hydroxylation sites is 1. The molecule has 1 aromatic carbocycles. The molecule has 2 heterocycles. The van der Waals surface area contributed by atoms with E-state index < -0.39 is 0 Å². The average molecular weight is 527 g/mol. The molecule has 5 aliphatic carbocycles. The van der Waals surface area contributed by atoms with Crippen LogP contribution in [0.1, 0.15) is 57.8 Å². The van der Waals surface area contributed by atoms with E-state index >= 15 is 0 Å². The number of nitrogens with zero attached hydrogens (tertiary/aromatic N) is 2. The van der Waals surface area contributed by atoms with E-state index in [2.05, 4.69) is 113 Å². The first-order valence-electron chi connectivity index (χ1n) is 16.0. The van der Waals surface area contributed by atoms with Crippen LogP contribution >= 0.6 is 0 Å². The molecule has 7 atom stereocenters. The number of hydrogen-bond acceptors (Lipinski definition) is 2. The van der Waals surface area contributed by atoms with Crippen molar-refractivity contribution in [2.45, 2.75) is 82.0 Å². The first-order chi connectivity index (χ1) is 19.8. The average Bonchev–Trinajstić information content (AvgIpc) is 3.34. The Labute approximate surface area is 240 Å². The van der Waals surface area contributed by atoms with E-state index in [1.165, 1.54) is 68.2 Å². The smallest absolute Gasteiger partial charge is 0.0546 e. The second kappa shape index (κ2) is 10.3. The summed E-state index contributed by atoms with van der Waals surface area (Å²) in [5.41, 5.74) is 7.40. The zero-order valence-corrected chi connectivity index (χ0v) is 23.6. The van der Waals surface area contributed by atoms with E-state index in [0.717, 1.165) is 6.42 Å². The van der Waals surface area contributed by atoms with Crippen LogP contribution in [0.15, 0.2) is 126 Å². The zero-order chi connectivity index (χ0) is 26.5. The van der Waals surface area contributed by atoms with Crippen LogP contribution in [0.3, 0.4) is 0 Å². The molecule has 2 heteroatoms. The Hall–Kier alpha value is -3.26. The fraction of sp³-hybridized carbons (Fsp3) is 0.421. The number of allylic oxidation sites excluding steroid dienone is 10. The summed E-state index contributed by atoms with van der Waals surface area (Å²) in [4.78, 5) is 5.58. The predicted molar refractivity (Wildman–Crippen MR) is 167 cm³/mol. The van der Waals surface area contributed by atoms with Gasteiger partial charge in [-0.3, -0.25) is 0 Å². The molecular formula is C38H42N2. The minimum Gasteiger partial charge on any atom is -0.364 e. The Morgan fingerprint density at radius 2 is 1.65 bits per heavy atom. The molecule has 0 spiro atoms. The molecule has 0 N–H and O–H groups in total. The van der Waals surface area contributed by atoms with Crippen molar-refractivity contribution >= 4 is 5.69 Å². The predicted octanol–water partition coefficient (Wildman–Crippen LogP) is 8.61. The van der Waals surface area contributed by atoms with Gasteiger partial charge in [0.2, 0.25) is 0 Å². The molecule has 40 heavy (non-hydrogen) atoms. The highest BCUT2D eigenvalue weighted by molar-refractivity contribution is 5.58. The topological polar surface area (TPSA) is 6.48 Å². The highest BCUT2D eigenvalue weighted by atomic mass is 15.2. The molecule has 1 saturated heterocycles. The van der Waals surface area contributed by atoms with E-state index in [0.29, 0.717) is 41.9 Å². The number of likely N-dealkylation sites (tertiary alicyclic amines) is 1. The maximum absolute atomic E-state index is 2.81. The van der Waals surface area contributed by atoms with E-state index in [1.54, 1.807) is 11.3 Å². The van der Waals surface area contributed by atoms with Crippen molar-refractivity contribution in [3.63, 3.8) is 0 Å². The minimum absolute atomic E-state index is 0.445. The first kappa shape index (κ1) is 24.5. The summed E-state index contributed by atoms with van der Waals surface area (Å²) in [6.07, 6.45) is 41.0. The normalized spacial score (nSPS) is 38.0. The molecular weight excluding hydrogens is 484 g/mol. The molecule has 2 fully saturated rings. The molecule has 1 saturated carbocycles. The number of hydrogen-bond donors (Lipinski definition) is 0. The third-order valence-corrected chi connectivity index (χ3v) is 10.8. The van der Waals surface area contributed by atoms with Crippen molar-refractivity contribution in [1.29, 1.82) is 0 Å². The maximum atomic E-state index is 2.81. The molecule has 204 valence electrons. The monoisotopic (exact) mass is 526 g/mol. The number of benzene rings is 1. The van der Waals surface area contributed by atoms with Crippen molar-refractivity contribution in [2.75, 3.05) is 4.90 Å². The summed E-state index contributed by atoms with van der Waals surface area (Å²) in [5.74, 6) is 1.80. The lowest BCUT2D eigenvalue weighted by atomic mass is 9.73. The molecule has 1 aromatic rings. The number of fused-ring (bicyclic) bond motifs is 6. The number of anilines is 1. The largest absolute Gasteiger partial charge is 0.364 e. The van der Waals surface area contributed by atoms with Gasteiger partial charge in [-0.2, -0.15) is 0 Å². The molecule has 2 bridgehead atoms. The molecule has 0 amide bonds. The first-order valence-corrected chi connectivity index (χ1v) is 16.0. The van der Waals surface area contributed by atoms with Gasteiger partial charge in [0.25, 0.3) is 0 Å². The van der Waals surface area contributed by atoms with Gasteiger partial charge in [-0.05, 0) is 79.9 Å². The second-order valence-corrected chi connectivity index (χ2v) is 12.9. The summed E-state index contributed by atoms with van der Waals surface area (Å²) in [6.45, 7) is 0. The summed E-state index contributed by atoms with van der Waals surface area (Å²) in [5, 5.41) is 0. The Morgan fingerprint density at radius 1 is 0.725 bits per heavy atom. The molecule has 2 aliphatic heterocycles. The highest BCUT2D eigenvalue weighted by Gasteiger charge is 2.48. The standard InChI is InChI=1S/C38H42N2/c1-3-13-30(14-4-1)39-32-17-11-12-27(24-29(25-32)33-18-7-9-20-36(33)39)28-22-23-38-35(26-28)34-19-8-10-21-37(34)40(38)31-15-5-2-6-16-31/h1-5,8,11-15,19,22-26,32-38H,6-7,9-10,16-18,20-21H2/b12-11-,27-24-. The molecule has 7 aliphatic rings. The summed E-state index contributed by atoms with van der Waals surface area (Å²) in [6, 6.07) is 13.4. The van der Waals surface area contributed by atoms with Gasteiger partial charge in [-0.25, -0.2) is 0 Å². The summed E-state index contributed by atoms with van der Waals surface area (Å²) in [7, 11) is 0. The quantitative estimate of drug-likeness (QED) is 0.364. The van der Waals surface area contributed by atoms with Gasteiger partial charge in [-0.15, -0.1) is 0 Å². The van der Waals surface area contributed by atoms with E-state index in [4.69, 9.17) is 0 Å². The third kappa shape index (κ3) is 4.14. The molecule has 0 radical (unpaired) electrons. The highest BCUT2D eigenvalue weighted by Crippen LogP contribution is 2.48. The lowest BCUT2D eigenvalue weighted by Crippen LogP contribution is -2.51. The van der Waals surface area contributed by atoms with Gasteiger partial charge in [0.15, 0.2) is 0 Å². The van der Waals surface area contributed by atoms with Crippen LogP contribution in [0.25, 0.3) is 0 Å². The van der Waals surface area contributed by atoms with Gasteiger partial charge < -0.3 is 9.80 Å². The van der Waals surface area contributed by atoms with Crippen LogP contribution < -0.4 is 4.90 Å². The van der Waals surface area contributed by atoms with Crippen molar-refractivity contribution in [3.05, 3.63) is 126 Å². The van der Waals surface area contributed by atoms with Gasteiger partial charge in [0.05, 0.1) is 12.1 Å². The fourth-order valence-electron chi connectivity index (χ4n) is 9.05. The number of rotatable bonds is 3. The fourth-order valence-corrected chi connectivity index (χ4v) is 9.05. The van der Waals surface area contributed by atoms with E-state index in [9.17, 15) is 0 Å². The van der Waals surface area contributed by atoms with Gasteiger partial charge in [0.1, 0.15) is 0 Å². The van der Waals surface area contributed by atoms with Crippen LogP contribution in [0.2, 0.25) is 0 Å². The lowest BCUT2D eigenvalue weighted by molar-refractivity contribution is 0.242.